The highest BCUT2D eigenvalue weighted by molar-refractivity contribution is 5.81. The summed E-state index contributed by atoms with van der Waals surface area (Å²) < 4.78 is 17.0. The van der Waals surface area contributed by atoms with Gasteiger partial charge in [0, 0.05) is 19.6 Å². The number of nitrogens with zero attached hydrogens (tertiary/aromatic N) is 1. The summed E-state index contributed by atoms with van der Waals surface area (Å²) in [5.41, 5.74) is 1.23. The molecule has 6 nitrogen and oxygen atoms in total. The molecule has 3 atom stereocenters. The van der Waals surface area contributed by atoms with Crippen LogP contribution in [-0.4, -0.2) is 49.4 Å². The first kappa shape index (κ1) is 16.4. The minimum Gasteiger partial charge on any atom is -0.454 e. The molecule has 0 spiro atoms. The third kappa shape index (κ3) is 3.40. The van der Waals surface area contributed by atoms with Gasteiger partial charge in [-0.05, 0) is 61.8 Å². The summed E-state index contributed by atoms with van der Waals surface area (Å²) in [4.78, 5) is 14.7. The summed E-state index contributed by atoms with van der Waals surface area (Å²) in [6, 6.07) is 6.15. The van der Waals surface area contributed by atoms with Crippen molar-refractivity contribution < 1.29 is 19.0 Å². The van der Waals surface area contributed by atoms with Gasteiger partial charge in [-0.25, -0.2) is 0 Å². The maximum absolute atomic E-state index is 12.3. The van der Waals surface area contributed by atoms with Crippen LogP contribution in [0.2, 0.25) is 0 Å². The van der Waals surface area contributed by atoms with Crippen LogP contribution in [0.15, 0.2) is 18.2 Å². The number of carbonyl (C=O) groups is 1. The van der Waals surface area contributed by atoms with Crippen LogP contribution >= 0.6 is 0 Å². The van der Waals surface area contributed by atoms with Crippen molar-refractivity contribution in [3.05, 3.63) is 23.8 Å². The molecule has 1 saturated carbocycles. The second-order valence-corrected chi connectivity index (χ2v) is 8.06. The summed E-state index contributed by atoms with van der Waals surface area (Å²) in [5.74, 6) is 2.97. The zero-order valence-corrected chi connectivity index (χ0v) is 15.0. The Morgan fingerprint density at radius 2 is 2.08 bits per heavy atom. The Hall–Kier alpha value is -1.79. The summed E-state index contributed by atoms with van der Waals surface area (Å²) in [5, 5.41) is 3.07. The Kier molecular flexibility index (Phi) is 4.25. The molecule has 140 valence electrons. The monoisotopic (exact) mass is 358 g/mol. The Morgan fingerprint density at radius 1 is 1.19 bits per heavy atom. The largest absolute Gasteiger partial charge is 0.454 e. The van der Waals surface area contributed by atoms with Crippen LogP contribution in [0.3, 0.4) is 0 Å². The van der Waals surface area contributed by atoms with E-state index in [1.54, 1.807) is 0 Å². The highest BCUT2D eigenvalue weighted by Gasteiger charge is 2.42. The van der Waals surface area contributed by atoms with Crippen molar-refractivity contribution in [2.75, 3.05) is 26.4 Å². The van der Waals surface area contributed by atoms with Crippen molar-refractivity contribution >= 4 is 5.91 Å². The average molecular weight is 358 g/mol. The molecule has 6 heteroatoms. The molecule has 26 heavy (non-hydrogen) atoms. The standard InChI is InChI=1S/C20H26N2O4/c23-20(21-9-13-1-2-13)18-8-15-5-6-22(11-19(15)26-18)10-14-3-4-16-17(7-14)25-12-24-16/h3-4,7,13,15,18-19H,1-2,5-6,8-12H2,(H,21,23)/t15-,18+,19-/m1/s1. The fraction of sp³-hybridized carbons (Fsp3) is 0.650. The number of likely N-dealkylation sites (tertiary alicyclic amines) is 1. The Bertz CT molecular complexity index is 690. The zero-order chi connectivity index (χ0) is 17.5. The van der Waals surface area contributed by atoms with Crippen LogP contribution in [0.4, 0.5) is 0 Å². The highest BCUT2D eigenvalue weighted by atomic mass is 16.7. The molecule has 1 aromatic rings. The first-order chi connectivity index (χ1) is 12.7. The average Bonchev–Trinajstić information content (AvgIpc) is 3.19. The van der Waals surface area contributed by atoms with Gasteiger partial charge in [0.05, 0.1) is 6.10 Å². The first-order valence-corrected chi connectivity index (χ1v) is 9.78. The van der Waals surface area contributed by atoms with E-state index >= 15 is 0 Å². The van der Waals surface area contributed by atoms with Gasteiger partial charge >= 0.3 is 0 Å². The molecule has 2 saturated heterocycles. The second-order valence-electron chi connectivity index (χ2n) is 8.06. The normalized spacial score (nSPS) is 30.2. The molecule has 1 amide bonds. The number of ether oxygens (including phenoxy) is 3. The Labute approximate surface area is 153 Å². The molecule has 3 fully saturated rings. The predicted octanol–water partition coefficient (Wildman–Crippen LogP) is 1.92. The van der Waals surface area contributed by atoms with E-state index < -0.39 is 0 Å². The van der Waals surface area contributed by atoms with Gasteiger partial charge < -0.3 is 19.5 Å². The van der Waals surface area contributed by atoms with Gasteiger partial charge in [-0.1, -0.05) is 6.07 Å². The molecular formula is C20H26N2O4. The molecule has 3 heterocycles. The van der Waals surface area contributed by atoms with Gasteiger partial charge in [-0.2, -0.15) is 0 Å². The molecule has 1 N–H and O–H groups in total. The molecule has 1 aromatic carbocycles. The van der Waals surface area contributed by atoms with Gasteiger partial charge in [-0.3, -0.25) is 9.69 Å². The van der Waals surface area contributed by atoms with Gasteiger partial charge in [-0.15, -0.1) is 0 Å². The Morgan fingerprint density at radius 3 is 2.96 bits per heavy atom. The number of nitrogens with one attached hydrogen (secondary N) is 1. The van der Waals surface area contributed by atoms with E-state index in [0.717, 1.165) is 50.5 Å². The molecule has 0 bridgehead atoms. The van der Waals surface area contributed by atoms with E-state index in [2.05, 4.69) is 22.3 Å². The van der Waals surface area contributed by atoms with Crippen LogP contribution in [-0.2, 0) is 16.1 Å². The van der Waals surface area contributed by atoms with E-state index in [-0.39, 0.29) is 18.1 Å². The minimum atomic E-state index is -0.255. The first-order valence-electron chi connectivity index (χ1n) is 9.78. The third-order valence-corrected chi connectivity index (χ3v) is 6.03. The van der Waals surface area contributed by atoms with Crippen molar-refractivity contribution in [2.24, 2.45) is 11.8 Å². The zero-order valence-electron chi connectivity index (χ0n) is 15.0. The molecular weight excluding hydrogens is 332 g/mol. The number of hydrogen-bond acceptors (Lipinski definition) is 5. The second kappa shape index (κ2) is 6.74. The van der Waals surface area contributed by atoms with Gasteiger partial charge in [0.1, 0.15) is 6.10 Å². The van der Waals surface area contributed by atoms with E-state index in [1.807, 2.05) is 6.07 Å². The lowest BCUT2D eigenvalue weighted by molar-refractivity contribution is -0.132. The quantitative estimate of drug-likeness (QED) is 0.871. The van der Waals surface area contributed by atoms with E-state index in [0.29, 0.717) is 18.6 Å². The predicted molar refractivity (Wildman–Crippen MR) is 95.0 cm³/mol. The smallest absolute Gasteiger partial charge is 0.249 e. The number of piperidine rings is 1. The van der Waals surface area contributed by atoms with Crippen LogP contribution in [0.5, 0.6) is 11.5 Å². The number of hydrogen-bond donors (Lipinski definition) is 1. The van der Waals surface area contributed by atoms with Crippen LogP contribution in [0.25, 0.3) is 0 Å². The molecule has 0 unspecified atom stereocenters. The van der Waals surface area contributed by atoms with Crippen molar-refractivity contribution in [1.29, 1.82) is 0 Å². The Balaban J connectivity index is 1.15. The lowest BCUT2D eigenvalue weighted by Crippen LogP contribution is -2.42. The number of rotatable bonds is 5. The van der Waals surface area contributed by atoms with E-state index in [9.17, 15) is 4.79 Å². The number of fused-ring (bicyclic) bond motifs is 2. The minimum absolute atomic E-state index is 0.0913. The number of amides is 1. The maximum Gasteiger partial charge on any atom is 0.249 e. The van der Waals surface area contributed by atoms with Crippen LogP contribution in [0, 0.1) is 11.8 Å². The lowest BCUT2D eigenvalue weighted by Gasteiger charge is -2.34. The molecule has 5 rings (SSSR count). The van der Waals surface area contributed by atoms with Crippen LogP contribution < -0.4 is 14.8 Å². The molecule has 0 aromatic heterocycles. The fourth-order valence-corrected chi connectivity index (χ4v) is 4.29. The van der Waals surface area contributed by atoms with Crippen molar-refractivity contribution in [2.45, 2.75) is 44.4 Å². The topological polar surface area (TPSA) is 60.0 Å². The molecule has 1 aliphatic carbocycles. The summed E-state index contributed by atoms with van der Waals surface area (Å²) in [7, 11) is 0. The molecule has 3 aliphatic heterocycles. The molecule has 0 radical (unpaired) electrons. The van der Waals surface area contributed by atoms with Gasteiger partial charge in [0.15, 0.2) is 11.5 Å². The van der Waals surface area contributed by atoms with Crippen molar-refractivity contribution in [3.63, 3.8) is 0 Å². The summed E-state index contributed by atoms with van der Waals surface area (Å²) in [6.07, 6.45) is 4.40. The lowest BCUT2D eigenvalue weighted by atomic mass is 9.91. The maximum atomic E-state index is 12.3. The number of carbonyl (C=O) groups excluding carboxylic acids is 1. The number of benzene rings is 1. The summed E-state index contributed by atoms with van der Waals surface area (Å²) in [6.45, 7) is 3.96. The van der Waals surface area contributed by atoms with Crippen molar-refractivity contribution in [3.8, 4) is 11.5 Å². The SMILES string of the molecule is O=C(NCC1CC1)[C@@H]1C[C@H]2CCN(Cc3ccc4c(c3)OCO4)C[C@H]2O1. The van der Waals surface area contributed by atoms with Gasteiger partial charge in [0.2, 0.25) is 12.7 Å². The van der Waals surface area contributed by atoms with Crippen molar-refractivity contribution in [1.82, 2.24) is 10.2 Å². The highest BCUT2D eigenvalue weighted by Crippen LogP contribution is 2.36. The van der Waals surface area contributed by atoms with E-state index in [4.69, 9.17) is 14.2 Å². The van der Waals surface area contributed by atoms with E-state index in [1.165, 1.54) is 18.4 Å². The van der Waals surface area contributed by atoms with Gasteiger partial charge in [0.25, 0.3) is 0 Å². The summed E-state index contributed by atoms with van der Waals surface area (Å²) >= 11 is 0. The third-order valence-electron chi connectivity index (χ3n) is 6.03. The van der Waals surface area contributed by atoms with Crippen LogP contribution in [0.1, 0.15) is 31.2 Å². The fourth-order valence-electron chi connectivity index (χ4n) is 4.29. The molecule has 4 aliphatic rings.